The van der Waals surface area contributed by atoms with E-state index in [9.17, 15) is 4.39 Å². The smallest absolute Gasteiger partial charge is 0.166 e. The predicted octanol–water partition coefficient (Wildman–Crippen LogP) is 1.51. The average Bonchev–Trinajstić information content (AvgIpc) is 2.72. The number of rotatable bonds is 2. The van der Waals surface area contributed by atoms with E-state index in [1.165, 1.54) is 6.07 Å². The Bertz CT molecular complexity index is 445. The maximum Gasteiger partial charge on any atom is 0.166 e. The van der Waals surface area contributed by atoms with Crippen molar-refractivity contribution >= 4 is 21.7 Å². The van der Waals surface area contributed by atoms with Crippen LogP contribution in [-0.4, -0.2) is 29.8 Å². The monoisotopic (exact) mass is 301 g/mol. The quantitative estimate of drug-likeness (QED) is 0.869. The van der Waals surface area contributed by atoms with Gasteiger partial charge in [0, 0.05) is 29.2 Å². The summed E-state index contributed by atoms with van der Waals surface area (Å²) < 4.78 is 19.8. The Balaban J connectivity index is 1.75. The molecule has 3 rings (SSSR count). The zero-order chi connectivity index (χ0) is 12.0. The van der Waals surface area contributed by atoms with Crippen LogP contribution < -0.4 is 11.1 Å². The zero-order valence-electron chi connectivity index (χ0n) is 9.07. The van der Waals surface area contributed by atoms with Gasteiger partial charge in [0.25, 0.3) is 0 Å². The van der Waals surface area contributed by atoms with E-state index in [4.69, 9.17) is 10.5 Å². The van der Waals surface area contributed by atoms with Crippen LogP contribution >= 0.6 is 15.9 Å². The van der Waals surface area contributed by atoms with E-state index in [1.807, 2.05) is 0 Å². The average molecular weight is 302 g/mol. The molecule has 0 amide bonds. The van der Waals surface area contributed by atoms with Crippen molar-refractivity contribution in [3.63, 3.8) is 0 Å². The van der Waals surface area contributed by atoms with Gasteiger partial charge in [0.15, 0.2) is 11.6 Å². The zero-order valence-corrected chi connectivity index (χ0v) is 10.7. The number of ether oxygens (including phenoxy) is 1. The first-order valence-electron chi connectivity index (χ1n) is 5.61. The third kappa shape index (κ3) is 1.84. The fourth-order valence-electron chi connectivity index (χ4n) is 2.61. The van der Waals surface area contributed by atoms with Crippen LogP contribution in [0.2, 0.25) is 0 Å². The van der Waals surface area contributed by atoms with Crippen molar-refractivity contribution in [1.29, 1.82) is 0 Å². The van der Waals surface area contributed by atoms with E-state index in [0.717, 1.165) is 13.0 Å². The molecule has 4 unspecified atom stereocenters. The van der Waals surface area contributed by atoms with Crippen LogP contribution in [0.5, 0.6) is 0 Å². The number of nitrogens with one attached hydrogen (secondary N) is 1. The molecular weight excluding hydrogens is 289 g/mol. The number of nitrogens with zero attached hydrogens (tertiary/aromatic N) is 1. The summed E-state index contributed by atoms with van der Waals surface area (Å²) >= 11 is 3.17. The second-order valence-electron chi connectivity index (χ2n) is 4.52. The van der Waals surface area contributed by atoms with Gasteiger partial charge in [-0.15, -0.1) is 0 Å². The number of anilines is 1. The molecule has 1 aromatic heterocycles. The minimum Gasteiger partial charge on any atom is -0.376 e. The lowest BCUT2D eigenvalue weighted by Gasteiger charge is -2.45. The number of fused-ring (bicyclic) bond motifs is 1. The number of halogens is 2. The highest BCUT2D eigenvalue weighted by Crippen LogP contribution is 2.39. The molecule has 2 fully saturated rings. The number of hydrogen-bond acceptors (Lipinski definition) is 4. The number of pyridine rings is 1. The Morgan fingerprint density at radius 1 is 1.59 bits per heavy atom. The van der Waals surface area contributed by atoms with E-state index < -0.39 is 0 Å². The maximum absolute atomic E-state index is 13.6. The van der Waals surface area contributed by atoms with Crippen LogP contribution in [0, 0.1) is 11.7 Å². The normalized spacial score (nSPS) is 35.2. The molecule has 1 saturated heterocycles. The Labute approximate surface area is 107 Å². The second-order valence-corrected chi connectivity index (χ2v) is 5.44. The Morgan fingerprint density at radius 3 is 3.18 bits per heavy atom. The van der Waals surface area contributed by atoms with Crippen LogP contribution in [0.3, 0.4) is 0 Å². The summed E-state index contributed by atoms with van der Waals surface area (Å²) in [5.74, 6) is 0.265. The Kier molecular flexibility index (Phi) is 2.80. The van der Waals surface area contributed by atoms with Crippen molar-refractivity contribution in [2.45, 2.75) is 24.6 Å². The molecule has 17 heavy (non-hydrogen) atoms. The molecule has 4 nitrogen and oxygen atoms in total. The molecule has 1 aliphatic carbocycles. The molecular formula is C11H13BrFN3O. The van der Waals surface area contributed by atoms with Gasteiger partial charge < -0.3 is 15.8 Å². The fourth-order valence-corrected chi connectivity index (χ4v) is 2.91. The van der Waals surface area contributed by atoms with Gasteiger partial charge in [-0.2, -0.15) is 0 Å². The molecule has 4 atom stereocenters. The molecule has 1 aliphatic heterocycles. The standard InChI is InChI=1S/C11H13BrFN3O/c12-5-3-7(13)11(15-4-5)16-9-8(14)6-1-2-17-10(6)9/h3-4,6,8-10H,1-2,14H2,(H,15,16). The van der Waals surface area contributed by atoms with Crippen molar-refractivity contribution in [2.24, 2.45) is 11.7 Å². The van der Waals surface area contributed by atoms with Gasteiger partial charge in [-0.1, -0.05) is 0 Å². The van der Waals surface area contributed by atoms with E-state index in [0.29, 0.717) is 10.4 Å². The highest BCUT2D eigenvalue weighted by molar-refractivity contribution is 9.10. The highest BCUT2D eigenvalue weighted by atomic mass is 79.9. The lowest BCUT2D eigenvalue weighted by Crippen LogP contribution is -2.65. The largest absolute Gasteiger partial charge is 0.376 e. The third-order valence-electron chi connectivity index (χ3n) is 3.56. The summed E-state index contributed by atoms with van der Waals surface area (Å²) in [4.78, 5) is 4.00. The van der Waals surface area contributed by atoms with Crippen molar-refractivity contribution in [2.75, 3.05) is 11.9 Å². The van der Waals surface area contributed by atoms with Gasteiger partial charge in [0.1, 0.15) is 0 Å². The minimum atomic E-state index is -0.381. The summed E-state index contributed by atoms with van der Waals surface area (Å²) in [6.45, 7) is 0.747. The van der Waals surface area contributed by atoms with E-state index in [-0.39, 0.29) is 29.8 Å². The van der Waals surface area contributed by atoms with Crippen LogP contribution in [-0.2, 0) is 4.74 Å². The SMILES string of the molecule is NC1C2CCOC2C1Nc1ncc(Br)cc1F. The molecule has 2 aliphatic rings. The topological polar surface area (TPSA) is 60.2 Å². The Hall–Kier alpha value is -0.720. The highest BCUT2D eigenvalue weighted by Gasteiger charge is 2.52. The summed E-state index contributed by atoms with van der Waals surface area (Å²) in [5, 5.41) is 3.04. The van der Waals surface area contributed by atoms with Crippen LogP contribution in [0.1, 0.15) is 6.42 Å². The summed E-state index contributed by atoms with van der Waals surface area (Å²) in [6.07, 6.45) is 2.66. The molecule has 0 radical (unpaired) electrons. The van der Waals surface area contributed by atoms with Gasteiger partial charge in [0.05, 0.1) is 12.1 Å². The molecule has 6 heteroatoms. The number of aromatic nitrogens is 1. The van der Waals surface area contributed by atoms with Crippen LogP contribution in [0.15, 0.2) is 16.7 Å². The lowest BCUT2D eigenvalue weighted by molar-refractivity contribution is 0.00512. The fraction of sp³-hybridized carbons (Fsp3) is 0.545. The maximum atomic E-state index is 13.6. The van der Waals surface area contributed by atoms with Gasteiger partial charge >= 0.3 is 0 Å². The van der Waals surface area contributed by atoms with Crippen molar-refractivity contribution < 1.29 is 9.13 Å². The van der Waals surface area contributed by atoms with Gasteiger partial charge in [0.2, 0.25) is 0 Å². The molecule has 0 aromatic carbocycles. The molecule has 92 valence electrons. The summed E-state index contributed by atoms with van der Waals surface area (Å²) in [5.41, 5.74) is 6.03. The van der Waals surface area contributed by atoms with Crippen molar-refractivity contribution in [3.8, 4) is 0 Å². The molecule has 0 bridgehead atoms. The van der Waals surface area contributed by atoms with E-state index in [2.05, 4.69) is 26.2 Å². The third-order valence-corrected chi connectivity index (χ3v) is 3.99. The van der Waals surface area contributed by atoms with Gasteiger partial charge in [-0.25, -0.2) is 9.37 Å². The van der Waals surface area contributed by atoms with Crippen LogP contribution in [0.4, 0.5) is 10.2 Å². The number of hydrogen-bond donors (Lipinski definition) is 2. The first-order valence-corrected chi connectivity index (χ1v) is 6.41. The molecule has 1 aromatic rings. The van der Waals surface area contributed by atoms with Crippen molar-refractivity contribution in [3.05, 3.63) is 22.6 Å². The Morgan fingerprint density at radius 2 is 2.41 bits per heavy atom. The van der Waals surface area contributed by atoms with Crippen LogP contribution in [0.25, 0.3) is 0 Å². The van der Waals surface area contributed by atoms with Gasteiger partial charge in [-0.05, 0) is 28.4 Å². The molecule has 1 saturated carbocycles. The van der Waals surface area contributed by atoms with E-state index >= 15 is 0 Å². The van der Waals surface area contributed by atoms with Crippen molar-refractivity contribution in [1.82, 2.24) is 4.98 Å². The summed E-state index contributed by atoms with van der Waals surface area (Å²) in [7, 11) is 0. The molecule has 3 N–H and O–H groups in total. The first-order chi connectivity index (χ1) is 8.16. The molecule has 0 spiro atoms. The minimum absolute atomic E-state index is 0.0207. The van der Waals surface area contributed by atoms with Gasteiger partial charge in [-0.3, -0.25) is 0 Å². The first kappa shape index (κ1) is 11.4. The lowest BCUT2D eigenvalue weighted by atomic mass is 9.72. The second kappa shape index (κ2) is 4.19. The molecule has 2 heterocycles. The van der Waals surface area contributed by atoms with E-state index in [1.54, 1.807) is 6.20 Å². The predicted molar refractivity (Wildman–Crippen MR) is 65.1 cm³/mol. The number of nitrogens with two attached hydrogens (primary N) is 1. The summed E-state index contributed by atoms with van der Waals surface area (Å²) in [6, 6.07) is 1.37.